The van der Waals surface area contributed by atoms with Crippen molar-refractivity contribution in [1.29, 1.82) is 0 Å². The Bertz CT molecular complexity index is 801. The standard InChI is InChI=1S/C20H25N3O2S/c24-19-9-8-17(18-7-4-14-26-18)21-23(19)16-10-12-22(13-11-16)20(25)15-5-2-1-3-6-15/h4,7-9,14-16H,1-3,5-6,10-13H2. The van der Waals surface area contributed by atoms with E-state index in [-0.39, 0.29) is 17.5 Å². The van der Waals surface area contributed by atoms with Crippen molar-refractivity contribution < 1.29 is 4.79 Å². The van der Waals surface area contributed by atoms with Crippen LogP contribution in [-0.2, 0) is 4.79 Å². The number of hydrogen-bond acceptors (Lipinski definition) is 4. The summed E-state index contributed by atoms with van der Waals surface area (Å²) in [6.07, 6.45) is 7.33. The first kappa shape index (κ1) is 17.5. The van der Waals surface area contributed by atoms with Crippen LogP contribution >= 0.6 is 11.3 Å². The molecular weight excluding hydrogens is 346 g/mol. The monoisotopic (exact) mass is 371 g/mol. The van der Waals surface area contributed by atoms with Gasteiger partial charge in [-0.3, -0.25) is 9.59 Å². The van der Waals surface area contributed by atoms with Crippen LogP contribution in [0, 0.1) is 5.92 Å². The molecule has 0 N–H and O–H groups in total. The molecule has 1 amide bonds. The molecule has 0 spiro atoms. The van der Waals surface area contributed by atoms with Gasteiger partial charge in [0.05, 0.1) is 10.9 Å². The number of nitrogens with zero attached hydrogens (tertiary/aromatic N) is 3. The Labute approximate surface area is 157 Å². The summed E-state index contributed by atoms with van der Waals surface area (Å²) >= 11 is 1.63. The Kier molecular flexibility index (Phi) is 5.20. The first-order valence-corrected chi connectivity index (χ1v) is 10.5. The number of carbonyl (C=O) groups excluding carboxylic acids is 1. The molecule has 5 nitrogen and oxygen atoms in total. The molecule has 0 atom stereocenters. The lowest BCUT2D eigenvalue weighted by Crippen LogP contribution is -2.44. The van der Waals surface area contributed by atoms with Gasteiger partial charge in [-0.15, -0.1) is 11.3 Å². The molecule has 0 unspecified atom stereocenters. The molecule has 26 heavy (non-hydrogen) atoms. The third-order valence-corrected chi connectivity index (χ3v) is 6.57. The van der Waals surface area contributed by atoms with Crippen LogP contribution in [0.25, 0.3) is 10.6 Å². The van der Waals surface area contributed by atoms with E-state index in [1.807, 2.05) is 22.4 Å². The molecular formula is C20H25N3O2S. The Morgan fingerprint density at radius 1 is 1.04 bits per heavy atom. The summed E-state index contributed by atoms with van der Waals surface area (Å²) in [4.78, 5) is 28.1. The molecule has 1 saturated carbocycles. The van der Waals surface area contributed by atoms with Crippen molar-refractivity contribution in [2.24, 2.45) is 5.92 Å². The van der Waals surface area contributed by atoms with E-state index in [0.717, 1.165) is 49.3 Å². The van der Waals surface area contributed by atoms with Crippen LogP contribution in [0.15, 0.2) is 34.4 Å². The molecule has 0 radical (unpaired) electrons. The highest BCUT2D eigenvalue weighted by atomic mass is 32.1. The van der Waals surface area contributed by atoms with E-state index < -0.39 is 0 Å². The first-order chi connectivity index (χ1) is 12.7. The fourth-order valence-electron chi connectivity index (χ4n) is 4.18. The summed E-state index contributed by atoms with van der Waals surface area (Å²) in [5.41, 5.74) is 0.794. The summed E-state index contributed by atoms with van der Waals surface area (Å²) < 4.78 is 1.64. The maximum atomic E-state index is 12.7. The molecule has 1 saturated heterocycles. The van der Waals surface area contributed by atoms with Gasteiger partial charge in [0.15, 0.2) is 0 Å². The lowest BCUT2D eigenvalue weighted by Gasteiger charge is -2.35. The van der Waals surface area contributed by atoms with E-state index in [9.17, 15) is 9.59 Å². The van der Waals surface area contributed by atoms with E-state index in [1.54, 1.807) is 28.2 Å². The number of aromatic nitrogens is 2. The minimum atomic E-state index is -0.0534. The highest BCUT2D eigenvalue weighted by molar-refractivity contribution is 7.13. The zero-order valence-corrected chi connectivity index (χ0v) is 15.8. The summed E-state index contributed by atoms with van der Waals surface area (Å²) in [7, 11) is 0. The van der Waals surface area contributed by atoms with Gasteiger partial charge >= 0.3 is 0 Å². The van der Waals surface area contributed by atoms with E-state index >= 15 is 0 Å². The van der Waals surface area contributed by atoms with E-state index in [2.05, 4.69) is 5.10 Å². The third-order valence-electron chi connectivity index (χ3n) is 5.68. The normalized spacial score (nSPS) is 19.6. The SMILES string of the molecule is O=C(C1CCCCC1)N1CCC(n2nc(-c3cccs3)ccc2=O)CC1. The van der Waals surface area contributed by atoms with Gasteiger partial charge in [0, 0.05) is 25.1 Å². The lowest BCUT2D eigenvalue weighted by molar-refractivity contribution is -0.137. The molecule has 2 aromatic heterocycles. The van der Waals surface area contributed by atoms with Gasteiger partial charge in [0.2, 0.25) is 5.91 Å². The van der Waals surface area contributed by atoms with Crippen molar-refractivity contribution in [3.05, 3.63) is 40.0 Å². The highest BCUT2D eigenvalue weighted by Gasteiger charge is 2.30. The smallest absolute Gasteiger partial charge is 0.267 e. The van der Waals surface area contributed by atoms with E-state index in [0.29, 0.717) is 5.91 Å². The van der Waals surface area contributed by atoms with Gasteiger partial charge in [-0.25, -0.2) is 4.68 Å². The van der Waals surface area contributed by atoms with Crippen LogP contribution in [0.5, 0.6) is 0 Å². The number of likely N-dealkylation sites (tertiary alicyclic amines) is 1. The number of carbonyl (C=O) groups is 1. The molecule has 0 aromatic carbocycles. The van der Waals surface area contributed by atoms with Crippen LogP contribution < -0.4 is 5.56 Å². The maximum absolute atomic E-state index is 12.7. The zero-order chi connectivity index (χ0) is 17.9. The van der Waals surface area contributed by atoms with Crippen molar-refractivity contribution in [1.82, 2.24) is 14.7 Å². The molecule has 0 bridgehead atoms. The molecule has 2 aromatic rings. The second-order valence-electron chi connectivity index (χ2n) is 7.37. The maximum Gasteiger partial charge on any atom is 0.267 e. The lowest BCUT2D eigenvalue weighted by atomic mass is 9.87. The fraction of sp³-hybridized carbons (Fsp3) is 0.550. The van der Waals surface area contributed by atoms with Gasteiger partial charge in [-0.05, 0) is 43.2 Å². The van der Waals surface area contributed by atoms with Gasteiger partial charge in [0.25, 0.3) is 5.56 Å². The van der Waals surface area contributed by atoms with Gasteiger partial charge in [-0.2, -0.15) is 5.10 Å². The van der Waals surface area contributed by atoms with Crippen molar-refractivity contribution in [2.45, 2.75) is 51.0 Å². The Balaban J connectivity index is 1.44. The molecule has 1 aliphatic carbocycles. The molecule has 2 aliphatic rings. The molecule has 138 valence electrons. The van der Waals surface area contributed by atoms with Crippen LogP contribution in [0.4, 0.5) is 0 Å². The molecule has 3 heterocycles. The highest BCUT2D eigenvalue weighted by Crippen LogP contribution is 2.29. The molecule has 1 aliphatic heterocycles. The van der Waals surface area contributed by atoms with Crippen molar-refractivity contribution in [3.8, 4) is 10.6 Å². The average molecular weight is 372 g/mol. The number of hydrogen-bond donors (Lipinski definition) is 0. The minimum absolute atomic E-state index is 0.0534. The van der Waals surface area contributed by atoms with E-state index in [4.69, 9.17) is 0 Å². The Morgan fingerprint density at radius 2 is 1.81 bits per heavy atom. The van der Waals surface area contributed by atoms with Crippen LogP contribution in [0.1, 0.15) is 51.0 Å². The Morgan fingerprint density at radius 3 is 2.50 bits per heavy atom. The summed E-state index contributed by atoms with van der Waals surface area (Å²) in [6, 6.07) is 7.51. The summed E-state index contributed by atoms with van der Waals surface area (Å²) in [5, 5.41) is 6.63. The largest absolute Gasteiger partial charge is 0.342 e. The number of thiophene rings is 1. The number of amides is 1. The fourth-order valence-corrected chi connectivity index (χ4v) is 4.87. The second kappa shape index (κ2) is 7.74. The quantitative estimate of drug-likeness (QED) is 0.826. The number of rotatable bonds is 3. The molecule has 4 rings (SSSR count). The third kappa shape index (κ3) is 3.61. The predicted octanol–water partition coefficient (Wildman–Crippen LogP) is 3.72. The predicted molar refractivity (Wildman–Crippen MR) is 103 cm³/mol. The zero-order valence-electron chi connectivity index (χ0n) is 15.0. The van der Waals surface area contributed by atoms with Crippen LogP contribution in [-0.4, -0.2) is 33.7 Å². The molecule has 2 fully saturated rings. The van der Waals surface area contributed by atoms with E-state index in [1.165, 1.54) is 19.3 Å². The summed E-state index contributed by atoms with van der Waals surface area (Å²) in [6.45, 7) is 1.47. The Hall–Kier alpha value is -1.95. The summed E-state index contributed by atoms with van der Waals surface area (Å²) in [5.74, 6) is 0.555. The number of piperidine rings is 1. The van der Waals surface area contributed by atoms with Gasteiger partial charge in [-0.1, -0.05) is 25.3 Å². The van der Waals surface area contributed by atoms with Crippen LogP contribution in [0.2, 0.25) is 0 Å². The first-order valence-electron chi connectivity index (χ1n) is 9.65. The minimum Gasteiger partial charge on any atom is -0.342 e. The van der Waals surface area contributed by atoms with Gasteiger partial charge < -0.3 is 4.90 Å². The second-order valence-corrected chi connectivity index (χ2v) is 8.32. The average Bonchev–Trinajstić information content (AvgIpc) is 3.23. The molecule has 6 heteroatoms. The topological polar surface area (TPSA) is 55.2 Å². The van der Waals surface area contributed by atoms with Crippen LogP contribution in [0.3, 0.4) is 0 Å². The van der Waals surface area contributed by atoms with Gasteiger partial charge in [0.1, 0.15) is 5.69 Å². The van der Waals surface area contributed by atoms with Crippen molar-refractivity contribution in [3.63, 3.8) is 0 Å². The van der Waals surface area contributed by atoms with Crippen molar-refractivity contribution in [2.75, 3.05) is 13.1 Å². The van der Waals surface area contributed by atoms with Crippen molar-refractivity contribution >= 4 is 17.2 Å².